The van der Waals surface area contributed by atoms with Crippen LogP contribution in [0.15, 0.2) is 29.3 Å². The molecule has 4 nitrogen and oxygen atoms in total. The second-order valence-corrected chi connectivity index (χ2v) is 7.16. The number of hydrogen-bond donors (Lipinski definition) is 2. The molecule has 1 aromatic rings. The van der Waals surface area contributed by atoms with Crippen molar-refractivity contribution in [3.63, 3.8) is 0 Å². The summed E-state index contributed by atoms with van der Waals surface area (Å²) in [5.41, 5.74) is 2.83. The molecule has 1 saturated carbocycles. The second-order valence-electron chi connectivity index (χ2n) is 7.16. The Morgan fingerprint density at radius 2 is 1.72 bits per heavy atom. The summed E-state index contributed by atoms with van der Waals surface area (Å²) in [6.07, 6.45) is 9.30. The molecular weight excluding hydrogens is 423 g/mol. The second kappa shape index (κ2) is 11.0. The Morgan fingerprint density at radius 1 is 1.04 bits per heavy atom. The Balaban J connectivity index is 0.00000225. The van der Waals surface area contributed by atoms with Crippen LogP contribution in [0.3, 0.4) is 0 Å². The fourth-order valence-electron chi connectivity index (χ4n) is 3.88. The molecule has 0 amide bonds. The van der Waals surface area contributed by atoms with Gasteiger partial charge < -0.3 is 10.6 Å². The van der Waals surface area contributed by atoms with E-state index in [-0.39, 0.29) is 24.0 Å². The molecule has 2 N–H and O–H groups in total. The van der Waals surface area contributed by atoms with E-state index < -0.39 is 0 Å². The third-order valence-electron chi connectivity index (χ3n) is 5.33. The molecule has 1 aromatic carbocycles. The largest absolute Gasteiger partial charge is 0.354 e. The van der Waals surface area contributed by atoms with Crippen molar-refractivity contribution in [3.8, 4) is 0 Å². The maximum atomic E-state index is 4.40. The maximum Gasteiger partial charge on any atom is 0.191 e. The number of nitrogens with zero attached hydrogens (tertiary/aromatic N) is 2. The molecule has 25 heavy (non-hydrogen) atoms. The van der Waals surface area contributed by atoms with Gasteiger partial charge in [-0.2, -0.15) is 0 Å². The Labute approximate surface area is 169 Å². The first-order chi connectivity index (χ1) is 11.8. The Hall–Kier alpha value is -0.820. The molecule has 0 unspecified atom stereocenters. The van der Waals surface area contributed by atoms with Crippen molar-refractivity contribution in [2.45, 2.75) is 64.1 Å². The van der Waals surface area contributed by atoms with Gasteiger partial charge in [0.25, 0.3) is 0 Å². The van der Waals surface area contributed by atoms with Crippen LogP contribution in [0.4, 0.5) is 0 Å². The smallest absolute Gasteiger partial charge is 0.191 e. The van der Waals surface area contributed by atoms with Crippen LogP contribution in [0, 0.1) is 0 Å². The SMILES string of the molecule is CN=C(NCc1ccccc1CN1CCCCC1)NC1CCCC1.I. The summed E-state index contributed by atoms with van der Waals surface area (Å²) >= 11 is 0. The van der Waals surface area contributed by atoms with Crippen molar-refractivity contribution in [1.29, 1.82) is 0 Å². The van der Waals surface area contributed by atoms with E-state index in [0.29, 0.717) is 6.04 Å². The van der Waals surface area contributed by atoms with Gasteiger partial charge in [0.05, 0.1) is 0 Å². The lowest BCUT2D eigenvalue weighted by Crippen LogP contribution is -2.42. The van der Waals surface area contributed by atoms with Crippen LogP contribution in [-0.2, 0) is 13.1 Å². The van der Waals surface area contributed by atoms with Gasteiger partial charge in [-0.05, 0) is 49.9 Å². The van der Waals surface area contributed by atoms with Crippen molar-refractivity contribution < 1.29 is 0 Å². The fourth-order valence-corrected chi connectivity index (χ4v) is 3.88. The number of likely N-dealkylation sites (tertiary alicyclic amines) is 1. The third kappa shape index (κ3) is 6.44. The summed E-state index contributed by atoms with van der Waals surface area (Å²) in [7, 11) is 1.87. The van der Waals surface area contributed by atoms with Crippen LogP contribution >= 0.6 is 24.0 Å². The zero-order chi connectivity index (χ0) is 16.6. The van der Waals surface area contributed by atoms with Crippen LogP contribution in [0.25, 0.3) is 0 Å². The van der Waals surface area contributed by atoms with E-state index in [1.54, 1.807) is 0 Å². The van der Waals surface area contributed by atoms with E-state index in [0.717, 1.165) is 19.0 Å². The number of hydrogen-bond acceptors (Lipinski definition) is 2. The number of piperidine rings is 1. The Bertz CT molecular complexity index is 534. The standard InChI is InChI=1S/C20H32N4.HI/c1-21-20(23-19-11-5-6-12-19)22-15-17-9-3-4-10-18(17)16-24-13-7-2-8-14-24;/h3-4,9-10,19H,2,5-8,11-16H2,1H3,(H2,21,22,23);1H. The number of aliphatic imine (C=N–C) groups is 1. The highest BCUT2D eigenvalue weighted by molar-refractivity contribution is 14.0. The highest BCUT2D eigenvalue weighted by atomic mass is 127. The van der Waals surface area contributed by atoms with Gasteiger partial charge >= 0.3 is 0 Å². The molecule has 1 heterocycles. The van der Waals surface area contributed by atoms with E-state index in [9.17, 15) is 0 Å². The quantitative estimate of drug-likeness (QED) is 0.401. The van der Waals surface area contributed by atoms with E-state index in [2.05, 4.69) is 44.8 Å². The number of benzene rings is 1. The topological polar surface area (TPSA) is 39.7 Å². The average molecular weight is 456 g/mol. The van der Waals surface area contributed by atoms with Crippen LogP contribution in [0.5, 0.6) is 0 Å². The minimum absolute atomic E-state index is 0. The predicted octanol–water partition coefficient (Wildman–Crippen LogP) is 3.90. The first-order valence-electron chi connectivity index (χ1n) is 9.61. The average Bonchev–Trinajstić information content (AvgIpc) is 3.14. The lowest BCUT2D eigenvalue weighted by molar-refractivity contribution is 0.220. The van der Waals surface area contributed by atoms with Crippen molar-refractivity contribution in [1.82, 2.24) is 15.5 Å². The summed E-state index contributed by atoms with van der Waals surface area (Å²) in [5.74, 6) is 0.940. The summed E-state index contributed by atoms with van der Waals surface area (Å²) in [4.78, 5) is 6.99. The molecule has 1 aliphatic carbocycles. The van der Waals surface area contributed by atoms with Crippen LogP contribution in [0.2, 0.25) is 0 Å². The van der Waals surface area contributed by atoms with Gasteiger partial charge in [-0.25, -0.2) is 0 Å². The van der Waals surface area contributed by atoms with Gasteiger partial charge in [-0.1, -0.05) is 43.5 Å². The molecule has 0 bridgehead atoms. The molecule has 1 aliphatic heterocycles. The van der Waals surface area contributed by atoms with Crippen molar-refractivity contribution in [2.75, 3.05) is 20.1 Å². The molecule has 1 saturated heterocycles. The van der Waals surface area contributed by atoms with Crippen LogP contribution in [0.1, 0.15) is 56.1 Å². The van der Waals surface area contributed by atoms with E-state index in [1.165, 1.54) is 69.2 Å². The van der Waals surface area contributed by atoms with Crippen LogP contribution in [-0.4, -0.2) is 37.0 Å². The zero-order valence-corrected chi connectivity index (χ0v) is 17.8. The summed E-state index contributed by atoms with van der Waals surface area (Å²) in [6.45, 7) is 4.41. The van der Waals surface area contributed by atoms with Gasteiger partial charge in [-0.15, -0.1) is 24.0 Å². The maximum absolute atomic E-state index is 4.40. The minimum Gasteiger partial charge on any atom is -0.354 e. The lowest BCUT2D eigenvalue weighted by Gasteiger charge is -2.27. The van der Waals surface area contributed by atoms with Crippen molar-refractivity contribution in [3.05, 3.63) is 35.4 Å². The third-order valence-corrected chi connectivity index (χ3v) is 5.33. The van der Waals surface area contributed by atoms with Gasteiger partial charge in [0, 0.05) is 26.2 Å². The van der Waals surface area contributed by atoms with Gasteiger partial charge in [0.1, 0.15) is 0 Å². The minimum atomic E-state index is 0. The molecule has 0 atom stereocenters. The van der Waals surface area contributed by atoms with Gasteiger partial charge in [0.15, 0.2) is 5.96 Å². The number of halogens is 1. The zero-order valence-electron chi connectivity index (χ0n) is 15.5. The van der Waals surface area contributed by atoms with E-state index in [1.807, 2.05) is 7.05 Å². The number of guanidine groups is 1. The molecular formula is C20H33IN4. The van der Waals surface area contributed by atoms with Crippen molar-refractivity contribution in [2.24, 2.45) is 4.99 Å². The predicted molar refractivity (Wildman–Crippen MR) is 117 cm³/mol. The molecule has 2 fully saturated rings. The molecule has 3 rings (SSSR count). The lowest BCUT2D eigenvalue weighted by atomic mass is 10.0. The number of nitrogens with one attached hydrogen (secondary N) is 2. The Morgan fingerprint density at radius 3 is 2.40 bits per heavy atom. The molecule has 0 spiro atoms. The molecule has 140 valence electrons. The van der Waals surface area contributed by atoms with E-state index in [4.69, 9.17) is 0 Å². The van der Waals surface area contributed by atoms with Gasteiger partial charge in [0.2, 0.25) is 0 Å². The first kappa shape index (κ1) is 20.5. The highest BCUT2D eigenvalue weighted by Gasteiger charge is 2.16. The van der Waals surface area contributed by atoms with Gasteiger partial charge in [-0.3, -0.25) is 9.89 Å². The fraction of sp³-hybridized carbons (Fsp3) is 0.650. The molecule has 0 radical (unpaired) electrons. The Kier molecular flexibility index (Phi) is 9.03. The van der Waals surface area contributed by atoms with Crippen molar-refractivity contribution >= 4 is 29.9 Å². The normalized spacial score (nSPS) is 19.5. The molecule has 2 aliphatic rings. The van der Waals surface area contributed by atoms with Crippen LogP contribution < -0.4 is 10.6 Å². The molecule has 5 heteroatoms. The monoisotopic (exact) mass is 456 g/mol. The number of rotatable bonds is 5. The van der Waals surface area contributed by atoms with E-state index >= 15 is 0 Å². The highest BCUT2D eigenvalue weighted by Crippen LogP contribution is 2.18. The summed E-state index contributed by atoms with van der Waals surface area (Å²) in [6, 6.07) is 9.42. The molecule has 0 aromatic heterocycles. The first-order valence-corrected chi connectivity index (χ1v) is 9.61. The summed E-state index contributed by atoms with van der Waals surface area (Å²) < 4.78 is 0. The summed E-state index contributed by atoms with van der Waals surface area (Å²) in [5, 5.41) is 7.08.